The molecule has 1 atom stereocenters. The van der Waals surface area contributed by atoms with Gasteiger partial charge in [-0.1, -0.05) is 28.1 Å². The van der Waals surface area contributed by atoms with Crippen molar-refractivity contribution in [1.29, 1.82) is 0 Å². The van der Waals surface area contributed by atoms with Crippen molar-refractivity contribution in [3.8, 4) is 5.75 Å². The molecule has 6 nitrogen and oxygen atoms in total. The molecule has 0 radical (unpaired) electrons. The fourth-order valence-corrected chi connectivity index (χ4v) is 3.90. The fourth-order valence-electron chi connectivity index (χ4n) is 3.64. The van der Waals surface area contributed by atoms with Crippen LogP contribution in [0.5, 0.6) is 5.75 Å². The first kappa shape index (κ1) is 20.9. The minimum Gasteiger partial charge on any atom is -0.507 e. The Morgan fingerprint density at radius 1 is 1.10 bits per heavy atom. The number of halogens is 1. The molecule has 2 aromatic carbocycles. The van der Waals surface area contributed by atoms with Gasteiger partial charge in [-0.3, -0.25) is 9.59 Å². The number of furan rings is 1. The lowest BCUT2D eigenvalue weighted by Gasteiger charge is -2.24. The molecule has 0 saturated carbocycles. The van der Waals surface area contributed by atoms with Crippen LogP contribution >= 0.6 is 15.9 Å². The zero-order valence-electron chi connectivity index (χ0n) is 16.7. The van der Waals surface area contributed by atoms with Gasteiger partial charge in [0.15, 0.2) is 0 Å². The SMILES string of the molecule is CCOc1ccc(C(O)=C2C(=O)C(=O)N(Cc3ccco3)[C@@H]2c2ccc(Br)cc2)cc1. The van der Waals surface area contributed by atoms with Crippen molar-refractivity contribution in [1.82, 2.24) is 4.90 Å². The van der Waals surface area contributed by atoms with Gasteiger partial charge in [0, 0.05) is 10.0 Å². The highest BCUT2D eigenvalue weighted by Gasteiger charge is 2.46. The summed E-state index contributed by atoms with van der Waals surface area (Å²) < 4.78 is 11.7. The van der Waals surface area contributed by atoms with Gasteiger partial charge in [-0.2, -0.15) is 0 Å². The maximum absolute atomic E-state index is 13.0. The van der Waals surface area contributed by atoms with Gasteiger partial charge in [-0.25, -0.2) is 0 Å². The van der Waals surface area contributed by atoms with Crippen LogP contribution in [0.25, 0.3) is 5.76 Å². The number of ether oxygens (including phenoxy) is 1. The summed E-state index contributed by atoms with van der Waals surface area (Å²) in [5.41, 5.74) is 1.19. The standard InChI is InChI=1S/C24H20BrNO5/c1-2-30-18-11-7-16(8-12-18)22(27)20-21(15-5-9-17(25)10-6-15)26(24(29)23(20)28)14-19-4-3-13-31-19/h3-13,21,27H,2,14H2,1H3/t21-/m1/s1. The molecule has 31 heavy (non-hydrogen) atoms. The van der Waals surface area contributed by atoms with E-state index in [9.17, 15) is 14.7 Å². The number of rotatable bonds is 6. The molecule has 0 spiro atoms. The summed E-state index contributed by atoms with van der Waals surface area (Å²) in [6, 6.07) is 16.8. The molecule has 0 aliphatic carbocycles. The Balaban J connectivity index is 1.81. The second kappa shape index (κ2) is 8.81. The van der Waals surface area contributed by atoms with E-state index in [0.29, 0.717) is 29.2 Å². The van der Waals surface area contributed by atoms with E-state index in [2.05, 4.69) is 15.9 Å². The van der Waals surface area contributed by atoms with Crippen LogP contribution in [0.1, 0.15) is 29.9 Å². The molecule has 1 saturated heterocycles. The van der Waals surface area contributed by atoms with Crippen LogP contribution in [0.15, 0.2) is 81.4 Å². The zero-order valence-corrected chi connectivity index (χ0v) is 18.3. The van der Waals surface area contributed by atoms with E-state index < -0.39 is 17.7 Å². The predicted octanol–water partition coefficient (Wildman–Crippen LogP) is 5.06. The molecule has 2 heterocycles. The number of likely N-dealkylation sites (tertiary alicyclic amines) is 1. The average molecular weight is 482 g/mol. The van der Waals surface area contributed by atoms with E-state index in [1.807, 2.05) is 31.2 Å². The van der Waals surface area contributed by atoms with Crippen LogP contribution in [-0.4, -0.2) is 28.3 Å². The molecule has 1 aliphatic heterocycles. The molecular formula is C24H20BrNO5. The minimum absolute atomic E-state index is 0.0445. The van der Waals surface area contributed by atoms with Gasteiger partial charge in [0.25, 0.3) is 11.7 Å². The van der Waals surface area contributed by atoms with Crippen molar-refractivity contribution in [3.63, 3.8) is 0 Å². The molecule has 1 aromatic heterocycles. The third-order valence-corrected chi connectivity index (χ3v) is 5.60. The third kappa shape index (κ3) is 4.14. The van der Waals surface area contributed by atoms with Crippen LogP contribution in [0, 0.1) is 0 Å². The summed E-state index contributed by atoms with van der Waals surface area (Å²) in [5.74, 6) is -0.439. The van der Waals surface area contributed by atoms with Crippen LogP contribution in [0.3, 0.4) is 0 Å². The summed E-state index contributed by atoms with van der Waals surface area (Å²) in [5, 5.41) is 11.1. The highest BCUT2D eigenvalue weighted by atomic mass is 79.9. The lowest BCUT2D eigenvalue weighted by atomic mass is 9.95. The number of aliphatic hydroxyl groups is 1. The first-order valence-electron chi connectivity index (χ1n) is 9.79. The summed E-state index contributed by atoms with van der Waals surface area (Å²) >= 11 is 3.41. The van der Waals surface area contributed by atoms with Gasteiger partial charge in [0.1, 0.15) is 17.3 Å². The molecule has 3 aromatic rings. The topological polar surface area (TPSA) is 80.0 Å². The van der Waals surface area contributed by atoms with E-state index >= 15 is 0 Å². The first-order chi connectivity index (χ1) is 15.0. The Bertz CT molecular complexity index is 1120. The van der Waals surface area contributed by atoms with Crippen LogP contribution in [0.2, 0.25) is 0 Å². The monoisotopic (exact) mass is 481 g/mol. The smallest absolute Gasteiger partial charge is 0.296 e. The first-order valence-corrected chi connectivity index (χ1v) is 10.6. The summed E-state index contributed by atoms with van der Waals surface area (Å²) in [6.45, 7) is 2.51. The number of ketones is 1. The maximum atomic E-state index is 13.0. The van der Waals surface area contributed by atoms with Crippen molar-refractivity contribution in [2.75, 3.05) is 6.61 Å². The number of Topliss-reactive ketones (excluding diaryl/α,β-unsaturated/α-hetero) is 1. The van der Waals surface area contributed by atoms with E-state index in [1.165, 1.54) is 11.2 Å². The van der Waals surface area contributed by atoms with Crippen LogP contribution in [-0.2, 0) is 16.1 Å². The van der Waals surface area contributed by atoms with E-state index in [1.54, 1.807) is 36.4 Å². The number of aliphatic hydroxyl groups excluding tert-OH is 1. The van der Waals surface area contributed by atoms with Crippen molar-refractivity contribution in [2.45, 2.75) is 19.5 Å². The molecule has 0 bridgehead atoms. The summed E-state index contributed by atoms with van der Waals surface area (Å²) in [7, 11) is 0. The zero-order chi connectivity index (χ0) is 22.0. The number of carbonyl (C=O) groups excluding carboxylic acids is 2. The van der Waals surface area contributed by atoms with Crippen LogP contribution in [0.4, 0.5) is 0 Å². The molecule has 158 valence electrons. The second-order valence-corrected chi connectivity index (χ2v) is 7.93. The van der Waals surface area contributed by atoms with Crippen molar-refractivity contribution >= 4 is 33.4 Å². The Morgan fingerprint density at radius 2 is 1.81 bits per heavy atom. The minimum atomic E-state index is -0.746. The Morgan fingerprint density at radius 3 is 2.42 bits per heavy atom. The lowest BCUT2D eigenvalue weighted by Crippen LogP contribution is -2.29. The Kier molecular flexibility index (Phi) is 5.95. The van der Waals surface area contributed by atoms with Crippen molar-refractivity contribution in [3.05, 3.63) is 93.9 Å². The second-order valence-electron chi connectivity index (χ2n) is 7.02. The van der Waals surface area contributed by atoms with E-state index in [4.69, 9.17) is 9.15 Å². The predicted molar refractivity (Wildman–Crippen MR) is 118 cm³/mol. The number of amides is 1. The van der Waals surface area contributed by atoms with Gasteiger partial charge in [0.05, 0.1) is 31.0 Å². The molecule has 0 unspecified atom stereocenters. The summed E-state index contributed by atoms with van der Waals surface area (Å²) in [4.78, 5) is 27.4. The highest BCUT2D eigenvalue weighted by Crippen LogP contribution is 2.40. The third-order valence-electron chi connectivity index (χ3n) is 5.07. The maximum Gasteiger partial charge on any atom is 0.296 e. The largest absolute Gasteiger partial charge is 0.507 e. The lowest BCUT2D eigenvalue weighted by molar-refractivity contribution is -0.140. The van der Waals surface area contributed by atoms with Crippen molar-refractivity contribution in [2.24, 2.45) is 0 Å². The number of hydrogen-bond acceptors (Lipinski definition) is 5. The molecule has 1 aliphatic rings. The Hall–Kier alpha value is -3.32. The number of hydrogen-bond donors (Lipinski definition) is 1. The molecule has 4 rings (SSSR count). The number of benzene rings is 2. The van der Waals surface area contributed by atoms with Gasteiger partial charge < -0.3 is 19.2 Å². The number of carbonyl (C=O) groups is 2. The molecular weight excluding hydrogens is 462 g/mol. The fraction of sp³-hybridized carbons (Fsp3) is 0.167. The summed E-state index contributed by atoms with van der Waals surface area (Å²) in [6.07, 6.45) is 1.51. The normalized spacial score (nSPS) is 17.9. The molecule has 1 N–H and O–H groups in total. The van der Waals surface area contributed by atoms with Crippen molar-refractivity contribution < 1.29 is 23.8 Å². The van der Waals surface area contributed by atoms with Gasteiger partial charge >= 0.3 is 0 Å². The Labute approximate surface area is 187 Å². The molecule has 1 fully saturated rings. The van der Waals surface area contributed by atoms with Gasteiger partial charge in [0.2, 0.25) is 0 Å². The quantitative estimate of drug-likeness (QED) is 0.302. The van der Waals surface area contributed by atoms with Gasteiger partial charge in [-0.05, 0) is 61.0 Å². The molecule has 1 amide bonds. The average Bonchev–Trinajstić information content (AvgIpc) is 3.37. The van der Waals surface area contributed by atoms with Gasteiger partial charge in [-0.15, -0.1) is 0 Å². The number of nitrogens with zero attached hydrogens (tertiary/aromatic N) is 1. The van der Waals surface area contributed by atoms with Crippen LogP contribution < -0.4 is 4.74 Å². The highest BCUT2D eigenvalue weighted by molar-refractivity contribution is 9.10. The van der Waals surface area contributed by atoms with E-state index in [-0.39, 0.29) is 17.9 Å². The molecule has 7 heteroatoms. The van der Waals surface area contributed by atoms with E-state index in [0.717, 1.165) is 4.47 Å².